The van der Waals surface area contributed by atoms with E-state index in [0.717, 1.165) is 11.3 Å². The van der Waals surface area contributed by atoms with E-state index in [9.17, 15) is 18.4 Å². The molecule has 0 bridgehead atoms. The summed E-state index contributed by atoms with van der Waals surface area (Å²) in [4.78, 5) is 34.0. The quantitative estimate of drug-likeness (QED) is 0.370. The van der Waals surface area contributed by atoms with Gasteiger partial charge in [-0.2, -0.15) is 0 Å². The van der Waals surface area contributed by atoms with Crippen molar-refractivity contribution in [2.75, 3.05) is 4.90 Å². The van der Waals surface area contributed by atoms with Gasteiger partial charge in [-0.15, -0.1) is 11.3 Å². The molecule has 0 aliphatic rings. The van der Waals surface area contributed by atoms with E-state index < -0.39 is 17.5 Å². The van der Waals surface area contributed by atoms with Crippen LogP contribution in [-0.2, 0) is 16.1 Å². The Balaban J connectivity index is 1.39. The van der Waals surface area contributed by atoms with E-state index >= 15 is 0 Å². The van der Waals surface area contributed by atoms with Crippen LogP contribution in [0, 0.1) is 18.6 Å². The number of halogens is 2. The summed E-state index contributed by atoms with van der Waals surface area (Å²) in [5, 5.41) is 4.63. The Morgan fingerprint density at radius 3 is 2.66 bits per heavy atom. The summed E-state index contributed by atoms with van der Waals surface area (Å²) in [6.07, 6.45) is 6.05. The number of hydrogen-bond donors (Lipinski definition) is 1. The van der Waals surface area contributed by atoms with Crippen LogP contribution in [0.15, 0.2) is 66.3 Å². The zero-order chi connectivity index (χ0) is 24.9. The van der Waals surface area contributed by atoms with Gasteiger partial charge in [-0.3, -0.25) is 14.5 Å². The van der Waals surface area contributed by atoms with Gasteiger partial charge in [0, 0.05) is 37.3 Å². The number of nitrogens with one attached hydrogen (secondary N) is 1. The van der Waals surface area contributed by atoms with Gasteiger partial charge in [-0.05, 0) is 42.8 Å². The van der Waals surface area contributed by atoms with E-state index in [1.165, 1.54) is 48.2 Å². The normalized spacial score (nSPS) is 11.1. The highest BCUT2D eigenvalue weighted by Crippen LogP contribution is 2.31. The van der Waals surface area contributed by atoms with Crippen LogP contribution in [0.1, 0.15) is 24.0 Å². The number of aryl methyl sites for hydroxylation is 1. The minimum atomic E-state index is -0.543. The van der Waals surface area contributed by atoms with Crippen molar-refractivity contribution >= 4 is 40.0 Å². The molecule has 2 aromatic carbocycles. The molecule has 0 spiro atoms. The number of carbonyl (C=O) groups is 2. The summed E-state index contributed by atoms with van der Waals surface area (Å²) in [6.45, 7) is 3.24. The summed E-state index contributed by atoms with van der Waals surface area (Å²) in [5.41, 5.74) is 1.52. The van der Waals surface area contributed by atoms with E-state index in [1.54, 1.807) is 47.5 Å². The van der Waals surface area contributed by atoms with E-state index in [0.29, 0.717) is 22.8 Å². The molecule has 2 aromatic heterocycles. The Morgan fingerprint density at radius 2 is 1.97 bits per heavy atom. The number of amides is 2. The molecule has 2 heterocycles. The molecular weight excluding hydrogens is 472 g/mol. The SMILES string of the molecule is CC(=O)N(c1nc(/C=C/C(=O)NCc2ccc(-n3ccnc3C)c(F)c2)cs1)c1ccccc1F. The van der Waals surface area contributed by atoms with Crippen molar-refractivity contribution in [1.29, 1.82) is 0 Å². The number of imidazole rings is 1. The lowest BCUT2D eigenvalue weighted by atomic mass is 10.2. The lowest BCUT2D eigenvalue weighted by Gasteiger charge is -2.18. The first kappa shape index (κ1) is 24.0. The zero-order valence-electron chi connectivity index (χ0n) is 18.9. The van der Waals surface area contributed by atoms with Crippen molar-refractivity contribution in [3.8, 4) is 5.69 Å². The third-order valence-electron chi connectivity index (χ3n) is 5.08. The van der Waals surface area contributed by atoms with Crippen LogP contribution < -0.4 is 10.2 Å². The van der Waals surface area contributed by atoms with Gasteiger partial charge in [0.15, 0.2) is 5.13 Å². The molecule has 0 aliphatic heterocycles. The minimum absolute atomic E-state index is 0.101. The molecule has 10 heteroatoms. The van der Waals surface area contributed by atoms with Gasteiger partial charge in [-0.1, -0.05) is 18.2 Å². The maximum atomic E-state index is 14.5. The second-order valence-electron chi connectivity index (χ2n) is 7.54. The number of aromatic nitrogens is 3. The topological polar surface area (TPSA) is 80.1 Å². The smallest absolute Gasteiger partial charge is 0.244 e. The van der Waals surface area contributed by atoms with Crippen molar-refractivity contribution in [2.45, 2.75) is 20.4 Å². The molecule has 178 valence electrons. The Kier molecular flexibility index (Phi) is 7.11. The van der Waals surface area contributed by atoms with Gasteiger partial charge >= 0.3 is 0 Å². The van der Waals surface area contributed by atoms with Gasteiger partial charge in [0.05, 0.1) is 17.1 Å². The van der Waals surface area contributed by atoms with Crippen molar-refractivity contribution in [3.05, 3.63) is 95.0 Å². The predicted octanol–water partition coefficient (Wildman–Crippen LogP) is 4.93. The average Bonchev–Trinajstić information content (AvgIpc) is 3.47. The van der Waals surface area contributed by atoms with Crippen LogP contribution in [0.5, 0.6) is 0 Å². The van der Waals surface area contributed by atoms with Crippen LogP contribution in [0.2, 0.25) is 0 Å². The van der Waals surface area contributed by atoms with Crippen molar-refractivity contribution in [1.82, 2.24) is 19.9 Å². The summed E-state index contributed by atoms with van der Waals surface area (Å²) in [5.74, 6) is -1.08. The fourth-order valence-corrected chi connectivity index (χ4v) is 4.24. The van der Waals surface area contributed by atoms with Crippen LogP contribution in [0.4, 0.5) is 19.6 Å². The molecule has 4 aromatic rings. The van der Waals surface area contributed by atoms with Crippen LogP contribution in [0.25, 0.3) is 11.8 Å². The highest BCUT2D eigenvalue weighted by molar-refractivity contribution is 7.14. The summed E-state index contributed by atoms with van der Waals surface area (Å²) < 4.78 is 30.4. The molecule has 7 nitrogen and oxygen atoms in total. The fraction of sp³-hybridized carbons (Fsp3) is 0.120. The number of nitrogens with zero attached hydrogens (tertiary/aromatic N) is 4. The lowest BCUT2D eigenvalue weighted by molar-refractivity contribution is -0.117. The van der Waals surface area contributed by atoms with Crippen LogP contribution in [-0.4, -0.2) is 26.3 Å². The summed E-state index contributed by atoms with van der Waals surface area (Å²) in [7, 11) is 0. The molecular formula is C25H21F2N5O2S. The van der Waals surface area contributed by atoms with Crippen LogP contribution in [0.3, 0.4) is 0 Å². The standard InChI is InChI=1S/C25H21F2N5O2S/c1-16-28-11-12-31(16)22-9-7-18(13-21(22)27)14-29-24(34)10-8-19-15-35-25(30-19)32(17(2)33)23-6-4-3-5-20(23)26/h3-13,15H,14H2,1-2H3,(H,29,34)/b10-8+. The molecule has 0 fully saturated rings. The largest absolute Gasteiger partial charge is 0.348 e. The van der Waals surface area contributed by atoms with E-state index in [-0.39, 0.29) is 23.3 Å². The number of thiazole rings is 1. The monoisotopic (exact) mass is 493 g/mol. The Labute approximate surface area is 204 Å². The Bertz CT molecular complexity index is 1410. The lowest BCUT2D eigenvalue weighted by Crippen LogP contribution is -2.23. The fourth-order valence-electron chi connectivity index (χ4n) is 3.39. The second-order valence-corrected chi connectivity index (χ2v) is 8.38. The Hall–Kier alpha value is -4.18. The number of benzene rings is 2. The van der Waals surface area contributed by atoms with Gasteiger partial charge in [-0.25, -0.2) is 18.7 Å². The minimum Gasteiger partial charge on any atom is -0.348 e. The Morgan fingerprint density at radius 1 is 1.17 bits per heavy atom. The molecule has 2 amide bonds. The van der Waals surface area contributed by atoms with Crippen molar-refractivity contribution in [2.24, 2.45) is 0 Å². The van der Waals surface area contributed by atoms with Gasteiger partial charge < -0.3 is 9.88 Å². The molecule has 1 N–H and O–H groups in total. The third kappa shape index (κ3) is 5.49. The number of para-hydroxylation sites is 1. The highest BCUT2D eigenvalue weighted by atomic mass is 32.1. The number of carbonyl (C=O) groups excluding carboxylic acids is 2. The van der Waals surface area contributed by atoms with E-state index in [4.69, 9.17) is 0 Å². The molecule has 0 saturated heterocycles. The third-order valence-corrected chi connectivity index (χ3v) is 5.92. The molecule has 0 aliphatic carbocycles. The molecule has 0 radical (unpaired) electrons. The van der Waals surface area contributed by atoms with Gasteiger partial charge in [0.25, 0.3) is 0 Å². The van der Waals surface area contributed by atoms with Crippen molar-refractivity contribution < 1.29 is 18.4 Å². The van der Waals surface area contributed by atoms with Gasteiger partial charge in [0.2, 0.25) is 11.8 Å². The second kappa shape index (κ2) is 10.4. The number of anilines is 2. The number of rotatable bonds is 7. The molecule has 0 saturated carbocycles. The first-order valence-electron chi connectivity index (χ1n) is 10.6. The highest BCUT2D eigenvalue weighted by Gasteiger charge is 2.20. The van der Waals surface area contributed by atoms with E-state index in [2.05, 4.69) is 15.3 Å². The van der Waals surface area contributed by atoms with Crippen molar-refractivity contribution in [3.63, 3.8) is 0 Å². The maximum Gasteiger partial charge on any atom is 0.244 e. The summed E-state index contributed by atoms with van der Waals surface area (Å²) in [6, 6.07) is 10.7. The molecule has 35 heavy (non-hydrogen) atoms. The predicted molar refractivity (Wildman–Crippen MR) is 130 cm³/mol. The summed E-state index contributed by atoms with van der Waals surface area (Å²) >= 11 is 1.15. The first-order valence-corrected chi connectivity index (χ1v) is 11.5. The van der Waals surface area contributed by atoms with E-state index in [1.807, 2.05) is 0 Å². The first-order chi connectivity index (χ1) is 16.8. The molecule has 0 atom stereocenters. The molecule has 4 rings (SSSR count). The van der Waals surface area contributed by atoms with Gasteiger partial charge in [0.1, 0.15) is 17.5 Å². The van der Waals surface area contributed by atoms with Crippen LogP contribution >= 0.6 is 11.3 Å². The number of hydrogen-bond acceptors (Lipinski definition) is 5. The maximum absolute atomic E-state index is 14.5. The average molecular weight is 494 g/mol. The molecule has 0 unspecified atom stereocenters. The zero-order valence-corrected chi connectivity index (χ0v) is 19.7.